The molecule has 1 fully saturated rings. The molecule has 0 amide bonds. The summed E-state index contributed by atoms with van der Waals surface area (Å²) in [5.74, 6) is 1.56. The molecule has 0 aliphatic carbocycles. The first-order chi connectivity index (χ1) is 11.7. The number of anilines is 1. The van der Waals surface area contributed by atoms with Gasteiger partial charge in [0.2, 0.25) is 6.79 Å². The van der Waals surface area contributed by atoms with Crippen LogP contribution in [0.15, 0.2) is 36.4 Å². The normalized spacial score (nSPS) is 16.3. The summed E-state index contributed by atoms with van der Waals surface area (Å²) in [7, 11) is 0. The minimum atomic E-state index is 0.0607. The van der Waals surface area contributed by atoms with Crippen molar-refractivity contribution in [3.8, 4) is 22.6 Å². The van der Waals surface area contributed by atoms with Crippen molar-refractivity contribution in [2.45, 2.75) is 6.92 Å². The second kappa shape index (κ2) is 6.17. The Kier molecular flexibility index (Phi) is 3.86. The summed E-state index contributed by atoms with van der Waals surface area (Å²) in [6.07, 6.45) is 0. The van der Waals surface area contributed by atoms with Gasteiger partial charge in [-0.2, -0.15) is 0 Å². The predicted molar refractivity (Wildman–Crippen MR) is 91.0 cm³/mol. The zero-order chi connectivity index (χ0) is 16.5. The Balaban J connectivity index is 1.81. The Labute approximate surface area is 140 Å². The molecule has 2 aliphatic heterocycles. The number of rotatable bonds is 3. The predicted octanol–water partition coefficient (Wildman–Crippen LogP) is 3.12. The largest absolute Gasteiger partial charge is 0.454 e. The van der Waals surface area contributed by atoms with E-state index >= 15 is 0 Å². The number of hydrogen-bond acceptors (Lipinski definition) is 5. The van der Waals surface area contributed by atoms with Crippen LogP contribution in [0.3, 0.4) is 0 Å². The maximum Gasteiger partial charge on any atom is 0.231 e. The highest BCUT2D eigenvalue weighted by atomic mass is 16.7. The van der Waals surface area contributed by atoms with Crippen molar-refractivity contribution in [3.05, 3.63) is 42.0 Å². The van der Waals surface area contributed by atoms with Gasteiger partial charge >= 0.3 is 0 Å². The van der Waals surface area contributed by atoms with Gasteiger partial charge in [-0.1, -0.05) is 6.07 Å². The Morgan fingerprint density at radius 3 is 2.58 bits per heavy atom. The van der Waals surface area contributed by atoms with E-state index in [1.807, 2.05) is 36.4 Å². The molecule has 124 valence electrons. The van der Waals surface area contributed by atoms with Crippen molar-refractivity contribution in [3.63, 3.8) is 0 Å². The van der Waals surface area contributed by atoms with E-state index in [0.717, 1.165) is 54.6 Å². The van der Waals surface area contributed by atoms with Gasteiger partial charge in [0.15, 0.2) is 17.3 Å². The number of ketones is 1. The van der Waals surface area contributed by atoms with Crippen molar-refractivity contribution in [2.75, 3.05) is 38.0 Å². The molecule has 2 aromatic rings. The molecule has 4 rings (SSSR count). The fraction of sp³-hybridized carbons (Fsp3) is 0.316. The average molecular weight is 325 g/mol. The molecule has 0 radical (unpaired) electrons. The van der Waals surface area contributed by atoms with Crippen LogP contribution in [0.1, 0.15) is 17.3 Å². The van der Waals surface area contributed by atoms with Gasteiger partial charge in [-0.05, 0) is 42.8 Å². The highest BCUT2D eigenvalue weighted by Gasteiger charge is 2.19. The van der Waals surface area contributed by atoms with E-state index in [9.17, 15) is 4.79 Å². The number of fused-ring (bicyclic) bond motifs is 1. The SMILES string of the molecule is CC(=O)c1ccc(N2CCOCC2)c(-c2ccc3c(c2)OCO3)c1. The molecule has 5 heteroatoms. The van der Waals surface area contributed by atoms with Crippen molar-refractivity contribution in [1.82, 2.24) is 0 Å². The quantitative estimate of drug-likeness (QED) is 0.812. The number of ether oxygens (including phenoxy) is 3. The highest BCUT2D eigenvalue weighted by molar-refractivity contribution is 5.97. The van der Waals surface area contributed by atoms with E-state index in [-0.39, 0.29) is 12.6 Å². The highest BCUT2D eigenvalue weighted by Crippen LogP contribution is 2.39. The van der Waals surface area contributed by atoms with Crippen molar-refractivity contribution in [2.24, 2.45) is 0 Å². The van der Waals surface area contributed by atoms with Crippen LogP contribution in [-0.4, -0.2) is 38.9 Å². The fourth-order valence-electron chi connectivity index (χ4n) is 3.13. The third-order valence-electron chi connectivity index (χ3n) is 4.44. The second-order valence-corrected chi connectivity index (χ2v) is 5.96. The van der Waals surface area contributed by atoms with Gasteiger partial charge in [-0.15, -0.1) is 0 Å². The van der Waals surface area contributed by atoms with Gasteiger partial charge in [0.1, 0.15) is 0 Å². The van der Waals surface area contributed by atoms with E-state index in [4.69, 9.17) is 14.2 Å². The molecule has 0 bridgehead atoms. The molecule has 0 N–H and O–H groups in total. The maximum absolute atomic E-state index is 11.8. The van der Waals surface area contributed by atoms with Crippen molar-refractivity contribution < 1.29 is 19.0 Å². The number of morpholine rings is 1. The Hall–Kier alpha value is -2.53. The standard InChI is InChI=1S/C19H19NO4/c1-13(21)14-2-4-17(20-6-8-22-9-7-20)16(10-14)15-3-5-18-19(11-15)24-12-23-18/h2-5,10-11H,6-9,12H2,1H3. The number of carbonyl (C=O) groups is 1. The topological polar surface area (TPSA) is 48.0 Å². The molecule has 0 spiro atoms. The van der Waals surface area contributed by atoms with Crippen LogP contribution in [0.2, 0.25) is 0 Å². The smallest absolute Gasteiger partial charge is 0.231 e. The Morgan fingerprint density at radius 2 is 1.79 bits per heavy atom. The zero-order valence-corrected chi connectivity index (χ0v) is 13.6. The van der Waals surface area contributed by atoms with E-state index in [0.29, 0.717) is 5.56 Å². The Morgan fingerprint density at radius 1 is 1.00 bits per heavy atom. The van der Waals surface area contributed by atoms with E-state index in [1.54, 1.807) is 6.92 Å². The van der Waals surface area contributed by atoms with Gasteiger partial charge in [0.25, 0.3) is 0 Å². The second-order valence-electron chi connectivity index (χ2n) is 5.96. The Bertz CT molecular complexity index is 781. The third kappa shape index (κ3) is 2.71. The van der Waals surface area contributed by atoms with Crippen LogP contribution in [0.5, 0.6) is 11.5 Å². The first-order valence-corrected chi connectivity index (χ1v) is 8.10. The summed E-state index contributed by atoms with van der Waals surface area (Å²) < 4.78 is 16.4. The van der Waals surface area contributed by atoms with Crippen LogP contribution >= 0.6 is 0 Å². The first-order valence-electron chi connectivity index (χ1n) is 8.10. The molecule has 1 saturated heterocycles. The summed E-state index contributed by atoms with van der Waals surface area (Å²) in [6, 6.07) is 11.8. The van der Waals surface area contributed by atoms with Crippen LogP contribution in [0.4, 0.5) is 5.69 Å². The monoisotopic (exact) mass is 325 g/mol. The van der Waals surface area contributed by atoms with Crippen molar-refractivity contribution in [1.29, 1.82) is 0 Å². The lowest BCUT2D eigenvalue weighted by molar-refractivity contribution is 0.101. The molecular weight excluding hydrogens is 306 g/mol. The van der Waals surface area contributed by atoms with Crippen LogP contribution in [-0.2, 0) is 4.74 Å². The molecule has 0 saturated carbocycles. The molecule has 24 heavy (non-hydrogen) atoms. The van der Waals surface area contributed by atoms with Gasteiger partial charge in [0.05, 0.1) is 13.2 Å². The van der Waals surface area contributed by atoms with Crippen molar-refractivity contribution >= 4 is 11.5 Å². The number of carbonyl (C=O) groups excluding carboxylic acids is 1. The minimum Gasteiger partial charge on any atom is -0.454 e. The summed E-state index contributed by atoms with van der Waals surface area (Å²) in [5.41, 5.74) is 3.87. The maximum atomic E-state index is 11.8. The molecular formula is C19H19NO4. The third-order valence-corrected chi connectivity index (χ3v) is 4.44. The lowest BCUT2D eigenvalue weighted by Crippen LogP contribution is -2.36. The van der Waals surface area contributed by atoms with E-state index in [2.05, 4.69) is 4.90 Å². The average Bonchev–Trinajstić information content (AvgIpc) is 3.09. The van der Waals surface area contributed by atoms with Crippen LogP contribution < -0.4 is 14.4 Å². The number of hydrogen-bond donors (Lipinski definition) is 0. The van der Waals surface area contributed by atoms with Gasteiger partial charge in [-0.3, -0.25) is 4.79 Å². The molecule has 0 aromatic heterocycles. The molecule has 0 unspecified atom stereocenters. The molecule has 2 heterocycles. The van der Waals surface area contributed by atoms with Gasteiger partial charge in [-0.25, -0.2) is 0 Å². The molecule has 2 aromatic carbocycles. The van der Waals surface area contributed by atoms with Crippen LogP contribution in [0.25, 0.3) is 11.1 Å². The summed E-state index contributed by atoms with van der Waals surface area (Å²) in [5, 5.41) is 0. The number of nitrogens with zero attached hydrogens (tertiary/aromatic N) is 1. The summed E-state index contributed by atoms with van der Waals surface area (Å²) in [6.45, 7) is 4.97. The van der Waals surface area contributed by atoms with Gasteiger partial charge < -0.3 is 19.1 Å². The summed E-state index contributed by atoms with van der Waals surface area (Å²) >= 11 is 0. The van der Waals surface area contributed by atoms with Gasteiger partial charge in [0, 0.05) is 29.9 Å². The zero-order valence-electron chi connectivity index (χ0n) is 13.6. The fourth-order valence-corrected chi connectivity index (χ4v) is 3.13. The van der Waals surface area contributed by atoms with Crippen LogP contribution in [0, 0.1) is 0 Å². The number of benzene rings is 2. The lowest BCUT2D eigenvalue weighted by atomic mass is 9.98. The van der Waals surface area contributed by atoms with E-state index in [1.165, 1.54) is 0 Å². The summed E-state index contributed by atoms with van der Waals surface area (Å²) in [4.78, 5) is 14.1. The molecule has 0 atom stereocenters. The lowest BCUT2D eigenvalue weighted by Gasteiger charge is -2.31. The number of Topliss-reactive ketones (excluding diaryl/α,β-unsaturated/α-hetero) is 1. The molecule has 2 aliphatic rings. The molecule has 5 nitrogen and oxygen atoms in total. The first kappa shape index (κ1) is 15.0. The minimum absolute atomic E-state index is 0.0607. The van der Waals surface area contributed by atoms with E-state index < -0.39 is 0 Å².